The Hall–Kier alpha value is -0.980. The van der Waals surface area contributed by atoms with Crippen LogP contribution < -0.4 is 4.90 Å². The molecule has 0 unspecified atom stereocenters. The second-order valence-electron chi connectivity index (χ2n) is 5.05. The lowest BCUT2D eigenvalue weighted by Gasteiger charge is -2.34. The highest BCUT2D eigenvalue weighted by atomic mass is 15.1. The van der Waals surface area contributed by atoms with E-state index in [1.807, 2.05) is 0 Å². The highest BCUT2D eigenvalue weighted by molar-refractivity contribution is 5.65. The van der Waals surface area contributed by atoms with Gasteiger partial charge >= 0.3 is 0 Å². The van der Waals surface area contributed by atoms with E-state index in [1.165, 1.54) is 49.0 Å². The summed E-state index contributed by atoms with van der Waals surface area (Å²) in [6.45, 7) is 11.5. The fraction of sp³-hybridized carbons (Fsp3) is 0.600. The van der Waals surface area contributed by atoms with Crippen LogP contribution in [0.3, 0.4) is 0 Å². The van der Waals surface area contributed by atoms with Gasteiger partial charge in [-0.15, -0.1) is 0 Å². The Bertz CT molecular complexity index is 393. The van der Waals surface area contributed by atoms with Crippen molar-refractivity contribution in [1.29, 1.82) is 0 Å². The summed E-state index contributed by atoms with van der Waals surface area (Å²) in [6.07, 6.45) is 3.82. The van der Waals surface area contributed by atoms with Gasteiger partial charge in [-0.05, 0) is 62.3 Å². The third-order valence-corrected chi connectivity index (χ3v) is 3.81. The SMILES string of the molecule is CCCN1CCCc2c(C)cc(C)c(C)c21. The van der Waals surface area contributed by atoms with Gasteiger partial charge in [-0.1, -0.05) is 13.0 Å². The summed E-state index contributed by atoms with van der Waals surface area (Å²) in [5.41, 5.74) is 7.57. The van der Waals surface area contributed by atoms with Crippen molar-refractivity contribution >= 4 is 5.69 Å². The maximum atomic E-state index is 2.59. The van der Waals surface area contributed by atoms with Crippen LogP contribution in [0.15, 0.2) is 6.07 Å². The molecular weight excluding hydrogens is 194 g/mol. The molecule has 0 saturated carbocycles. The molecule has 1 heterocycles. The Morgan fingerprint density at radius 3 is 2.62 bits per heavy atom. The zero-order chi connectivity index (χ0) is 11.7. The van der Waals surface area contributed by atoms with E-state index < -0.39 is 0 Å². The molecule has 1 heteroatoms. The molecular formula is C15H23N. The molecule has 88 valence electrons. The second-order valence-corrected chi connectivity index (χ2v) is 5.05. The molecule has 1 aromatic carbocycles. The number of fused-ring (bicyclic) bond motifs is 1. The van der Waals surface area contributed by atoms with Crippen molar-refractivity contribution in [2.45, 2.75) is 47.0 Å². The minimum Gasteiger partial charge on any atom is -0.371 e. The number of anilines is 1. The van der Waals surface area contributed by atoms with Crippen LogP contribution in [0.2, 0.25) is 0 Å². The Kier molecular flexibility index (Phi) is 3.22. The molecule has 1 aliphatic heterocycles. The van der Waals surface area contributed by atoms with Gasteiger partial charge in [-0.25, -0.2) is 0 Å². The van der Waals surface area contributed by atoms with Crippen molar-refractivity contribution in [3.63, 3.8) is 0 Å². The first-order valence-corrected chi connectivity index (χ1v) is 6.49. The van der Waals surface area contributed by atoms with Crippen LogP contribution >= 0.6 is 0 Å². The zero-order valence-electron chi connectivity index (χ0n) is 11.1. The van der Waals surface area contributed by atoms with E-state index in [9.17, 15) is 0 Å². The first kappa shape index (κ1) is 11.5. The van der Waals surface area contributed by atoms with Crippen molar-refractivity contribution in [1.82, 2.24) is 0 Å². The van der Waals surface area contributed by atoms with Gasteiger partial charge in [0.25, 0.3) is 0 Å². The molecule has 0 saturated heterocycles. The molecule has 0 bridgehead atoms. The Labute approximate surface area is 99.5 Å². The first-order chi connectivity index (χ1) is 7.65. The summed E-state index contributed by atoms with van der Waals surface area (Å²) < 4.78 is 0. The number of aryl methyl sites for hydroxylation is 2. The van der Waals surface area contributed by atoms with Gasteiger partial charge < -0.3 is 4.90 Å². The van der Waals surface area contributed by atoms with Crippen molar-refractivity contribution in [2.24, 2.45) is 0 Å². The van der Waals surface area contributed by atoms with Gasteiger partial charge in [0.1, 0.15) is 0 Å². The van der Waals surface area contributed by atoms with E-state index in [-0.39, 0.29) is 0 Å². The average molecular weight is 217 g/mol. The maximum Gasteiger partial charge on any atom is 0.0433 e. The highest BCUT2D eigenvalue weighted by Crippen LogP contribution is 2.34. The van der Waals surface area contributed by atoms with Crippen LogP contribution in [0, 0.1) is 20.8 Å². The Morgan fingerprint density at radius 2 is 1.94 bits per heavy atom. The summed E-state index contributed by atoms with van der Waals surface area (Å²) >= 11 is 0. The van der Waals surface area contributed by atoms with Crippen molar-refractivity contribution < 1.29 is 0 Å². The quantitative estimate of drug-likeness (QED) is 0.729. The molecule has 0 spiro atoms. The van der Waals surface area contributed by atoms with Crippen LogP contribution in [0.5, 0.6) is 0 Å². The van der Waals surface area contributed by atoms with Gasteiger partial charge in [0, 0.05) is 18.8 Å². The van der Waals surface area contributed by atoms with E-state index >= 15 is 0 Å². The number of benzene rings is 1. The summed E-state index contributed by atoms with van der Waals surface area (Å²) in [5.74, 6) is 0. The predicted octanol–water partition coefficient (Wildman–Crippen LogP) is 3.77. The highest BCUT2D eigenvalue weighted by Gasteiger charge is 2.20. The molecule has 1 aromatic rings. The monoisotopic (exact) mass is 217 g/mol. The van der Waals surface area contributed by atoms with Gasteiger partial charge in [-0.3, -0.25) is 0 Å². The molecule has 0 atom stereocenters. The lowest BCUT2D eigenvalue weighted by molar-refractivity contribution is 0.675. The summed E-state index contributed by atoms with van der Waals surface area (Å²) in [5, 5.41) is 0. The van der Waals surface area contributed by atoms with E-state index in [0.29, 0.717) is 0 Å². The number of hydrogen-bond donors (Lipinski definition) is 0. The zero-order valence-corrected chi connectivity index (χ0v) is 11.1. The minimum atomic E-state index is 1.21. The molecule has 0 N–H and O–H groups in total. The Morgan fingerprint density at radius 1 is 1.19 bits per heavy atom. The smallest absolute Gasteiger partial charge is 0.0433 e. The third-order valence-electron chi connectivity index (χ3n) is 3.81. The van der Waals surface area contributed by atoms with Crippen molar-refractivity contribution in [3.05, 3.63) is 28.3 Å². The van der Waals surface area contributed by atoms with Crippen molar-refractivity contribution in [3.8, 4) is 0 Å². The lowest BCUT2D eigenvalue weighted by atomic mass is 9.91. The average Bonchev–Trinajstić information content (AvgIpc) is 2.26. The molecule has 0 aromatic heterocycles. The molecule has 0 fully saturated rings. The fourth-order valence-corrected chi connectivity index (χ4v) is 2.92. The largest absolute Gasteiger partial charge is 0.371 e. The van der Waals surface area contributed by atoms with Gasteiger partial charge in [0.2, 0.25) is 0 Å². The van der Waals surface area contributed by atoms with E-state index in [0.717, 1.165) is 0 Å². The normalized spacial score (nSPS) is 15.1. The van der Waals surface area contributed by atoms with Gasteiger partial charge in [-0.2, -0.15) is 0 Å². The molecule has 2 rings (SSSR count). The minimum absolute atomic E-state index is 1.21. The standard InChI is InChI=1S/C15H23N/c1-5-8-16-9-6-7-14-12(3)10-11(2)13(4)15(14)16/h10H,5-9H2,1-4H3. The summed E-state index contributed by atoms with van der Waals surface area (Å²) in [7, 11) is 0. The second kappa shape index (κ2) is 4.48. The first-order valence-electron chi connectivity index (χ1n) is 6.49. The van der Waals surface area contributed by atoms with Crippen LogP contribution in [-0.2, 0) is 6.42 Å². The molecule has 0 aliphatic carbocycles. The molecule has 0 radical (unpaired) electrons. The van der Waals surface area contributed by atoms with E-state index in [2.05, 4.69) is 38.7 Å². The molecule has 16 heavy (non-hydrogen) atoms. The number of nitrogens with zero attached hydrogens (tertiary/aromatic N) is 1. The summed E-state index contributed by atoms with van der Waals surface area (Å²) in [6, 6.07) is 2.35. The van der Waals surface area contributed by atoms with E-state index in [1.54, 1.807) is 11.3 Å². The molecule has 0 amide bonds. The summed E-state index contributed by atoms with van der Waals surface area (Å²) in [4.78, 5) is 2.59. The number of hydrogen-bond acceptors (Lipinski definition) is 1. The van der Waals surface area contributed by atoms with Crippen LogP contribution in [0.4, 0.5) is 5.69 Å². The van der Waals surface area contributed by atoms with Gasteiger partial charge in [0.05, 0.1) is 0 Å². The Balaban J connectivity index is 2.53. The van der Waals surface area contributed by atoms with Crippen LogP contribution in [-0.4, -0.2) is 13.1 Å². The molecule has 1 aliphatic rings. The predicted molar refractivity (Wildman–Crippen MR) is 71.5 cm³/mol. The number of rotatable bonds is 2. The lowest BCUT2D eigenvalue weighted by Crippen LogP contribution is -2.31. The third kappa shape index (κ3) is 1.83. The molecule has 1 nitrogen and oxygen atoms in total. The van der Waals surface area contributed by atoms with Gasteiger partial charge in [0.15, 0.2) is 0 Å². The fourth-order valence-electron chi connectivity index (χ4n) is 2.92. The van der Waals surface area contributed by atoms with E-state index in [4.69, 9.17) is 0 Å². The van der Waals surface area contributed by atoms with Crippen molar-refractivity contribution in [2.75, 3.05) is 18.0 Å². The topological polar surface area (TPSA) is 3.24 Å². The van der Waals surface area contributed by atoms with Crippen LogP contribution in [0.25, 0.3) is 0 Å². The van der Waals surface area contributed by atoms with Crippen LogP contribution in [0.1, 0.15) is 42.0 Å². The maximum absolute atomic E-state index is 2.59.